The minimum Gasteiger partial charge on any atom is -0.450 e. The first-order valence-corrected chi connectivity index (χ1v) is 9.10. The number of hydrogen-bond acceptors (Lipinski definition) is 6. The zero-order valence-electron chi connectivity index (χ0n) is 13.7. The highest BCUT2D eigenvalue weighted by atomic mass is 32.5. The minimum absolute atomic E-state index is 0.0536. The molecule has 0 amide bonds. The Kier molecular flexibility index (Phi) is 5.12. The number of esters is 2. The number of benzene rings is 2. The lowest BCUT2D eigenvalue weighted by atomic mass is 10.2. The summed E-state index contributed by atoms with van der Waals surface area (Å²) in [5.74, 6) is -3.54. The van der Waals surface area contributed by atoms with Crippen molar-refractivity contribution in [2.45, 2.75) is 0 Å². The van der Waals surface area contributed by atoms with Crippen LogP contribution in [0, 0.1) is 0 Å². The molecular weight excluding hydrogens is 415 g/mol. The lowest BCUT2D eigenvalue weighted by Gasteiger charge is -2.39. The van der Waals surface area contributed by atoms with Crippen LogP contribution in [0.4, 0.5) is 19.4 Å². The van der Waals surface area contributed by atoms with Gasteiger partial charge in [-0.25, -0.2) is 9.59 Å². The van der Waals surface area contributed by atoms with Crippen molar-refractivity contribution in [2.24, 2.45) is 0 Å². The maximum absolute atomic E-state index is 12.3. The zero-order chi connectivity index (χ0) is 21.1. The minimum atomic E-state index is -10.2. The number of carbonyl (C=O) groups is 3. The number of carbonyl (C=O) groups excluding carboxylic acids is 3. The summed E-state index contributed by atoms with van der Waals surface area (Å²) in [5, 5.41) is 0. The van der Waals surface area contributed by atoms with Gasteiger partial charge in [0.1, 0.15) is 17.8 Å². The Balaban J connectivity index is 1.96. The van der Waals surface area contributed by atoms with E-state index in [4.69, 9.17) is 4.74 Å². The summed E-state index contributed by atoms with van der Waals surface area (Å²) in [6, 6.07) is 8.16. The monoisotopic (exact) mass is 426 g/mol. The van der Waals surface area contributed by atoms with Crippen molar-refractivity contribution in [3.63, 3.8) is 0 Å². The van der Waals surface area contributed by atoms with E-state index in [1.54, 1.807) is 0 Å². The van der Waals surface area contributed by atoms with Gasteiger partial charge in [0.2, 0.25) is 0 Å². The first-order chi connectivity index (χ1) is 12.7. The Labute approximate surface area is 154 Å². The van der Waals surface area contributed by atoms with Crippen LogP contribution in [-0.2, 0) is 9.53 Å². The molecule has 0 aliphatic carbocycles. The number of halogens is 5. The fourth-order valence-electron chi connectivity index (χ4n) is 1.84. The maximum atomic E-state index is 12.3. The molecular formula is C16H11F5O6S. The highest BCUT2D eigenvalue weighted by Gasteiger charge is 2.67. The smallest absolute Gasteiger partial charge is 0.435 e. The molecule has 0 heterocycles. The quantitative estimate of drug-likeness (QED) is 0.273. The second kappa shape index (κ2) is 6.78. The standard InChI is InChI=1S/C16H11F5O6S/c17-28(18,19,20,21)27-14-3-1-2-12(8-14)16(24)25-10-15(23)26-13-6-4-11(9-22)5-7-13/h1-9H,10H2. The van der Waals surface area contributed by atoms with E-state index in [-0.39, 0.29) is 5.75 Å². The van der Waals surface area contributed by atoms with Gasteiger partial charge in [-0.15, -0.1) is 0 Å². The summed E-state index contributed by atoms with van der Waals surface area (Å²) in [6.45, 7) is -0.902. The molecule has 0 aromatic heterocycles. The first-order valence-electron chi connectivity index (χ1n) is 7.22. The van der Waals surface area contributed by atoms with Crippen LogP contribution in [0.5, 0.6) is 11.5 Å². The molecule has 28 heavy (non-hydrogen) atoms. The molecule has 12 heteroatoms. The summed E-state index contributed by atoms with van der Waals surface area (Å²) in [4.78, 5) is 33.9. The fourth-order valence-corrected chi connectivity index (χ4v) is 2.31. The highest BCUT2D eigenvalue weighted by Crippen LogP contribution is 2.97. The zero-order valence-corrected chi connectivity index (χ0v) is 14.5. The third kappa shape index (κ3) is 7.23. The Hall–Kier alpha value is -3.15. The Morgan fingerprint density at radius 2 is 1.57 bits per heavy atom. The molecule has 0 bridgehead atoms. The summed E-state index contributed by atoms with van der Waals surface area (Å²) in [5.41, 5.74) is -0.220. The molecule has 2 aromatic rings. The van der Waals surface area contributed by atoms with Gasteiger partial charge in [-0.05, 0) is 42.5 Å². The van der Waals surface area contributed by atoms with Crippen LogP contribution in [-0.4, -0.2) is 24.8 Å². The number of rotatable bonds is 7. The molecule has 0 saturated heterocycles. The van der Waals surface area contributed by atoms with E-state index in [1.165, 1.54) is 24.3 Å². The van der Waals surface area contributed by atoms with Gasteiger partial charge in [-0.3, -0.25) is 4.79 Å². The topological polar surface area (TPSA) is 78.9 Å². The van der Waals surface area contributed by atoms with Crippen molar-refractivity contribution in [1.82, 2.24) is 0 Å². The molecule has 0 aliphatic heterocycles. The molecule has 2 aromatic carbocycles. The van der Waals surface area contributed by atoms with Crippen LogP contribution in [0.25, 0.3) is 0 Å². The van der Waals surface area contributed by atoms with Crippen molar-refractivity contribution < 1.29 is 47.5 Å². The van der Waals surface area contributed by atoms with Crippen LogP contribution < -0.4 is 8.92 Å². The van der Waals surface area contributed by atoms with Gasteiger partial charge >= 0.3 is 22.4 Å². The third-order valence-electron chi connectivity index (χ3n) is 2.89. The van der Waals surface area contributed by atoms with Gasteiger partial charge in [-0.1, -0.05) is 25.5 Å². The Morgan fingerprint density at radius 3 is 2.14 bits per heavy atom. The predicted octanol–water partition coefficient (Wildman–Crippen LogP) is 4.85. The van der Waals surface area contributed by atoms with E-state index in [0.717, 1.165) is 12.1 Å². The van der Waals surface area contributed by atoms with E-state index in [9.17, 15) is 33.8 Å². The van der Waals surface area contributed by atoms with Gasteiger partial charge in [0.25, 0.3) is 0 Å². The number of hydrogen-bond donors (Lipinski definition) is 0. The SMILES string of the molecule is O=Cc1ccc(OC(=O)COC(=O)c2cccc(OS(F)(F)(F)(F)F)c2)cc1. The molecule has 0 aliphatic rings. The van der Waals surface area contributed by atoms with Crippen LogP contribution in [0.1, 0.15) is 20.7 Å². The second-order valence-electron chi connectivity index (χ2n) is 5.25. The normalized spacial score (nSPS) is 13.6. The Morgan fingerprint density at radius 1 is 0.929 bits per heavy atom. The molecule has 0 saturated carbocycles. The maximum Gasteiger partial charge on any atom is 0.435 e. The predicted molar refractivity (Wildman–Crippen MR) is 87.9 cm³/mol. The molecule has 0 radical (unpaired) electrons. The third-order valence-corrected chi connectivity index (χ3v) is 3.40. The van der Waals surface area contributed by atoms with Crippen LogP contribution >= 0.6 is 10.5 Å². The van der Waals surface area contributed by atoms with Crippen molar-refractivity contribution >= 4 is 28.7 Å². The van der Waals surface area contributed by atoms with Crippen LogP contribution in [0.3, 0.4) is 0 Å². The van der Waals surface area contributed by atoms with E-state index in [1.807, 2.05) is 0 Å². The number of ether oxygens (including phenoxy) is 2. The highest BCUT2D eigenvalue weighted by molar-refractivity contribution is 8.42. The molecule has 0 atom stereocenters. The Bertz CT molecular complexity index is 912. The average molecular weight is 426 g/mol. The van der Waals surface area contributed by atoms with E-state index < -0.39 is 40.4 Å². The van der Waals surface area contributed by atoms with Crippen molar-refractivity contribution in [3.8, 4) is 11.5 Å². The molecule has 0 N–H and O–H groups in total. The summed E-state index contributed by atoms with van der Waals surface area (Å²) < 4.78 is 73.8. The van der Waals surface area contributed by atoms with Crippen LogP contribution in [0.2, 0.25) is 0 Å². The largest absolute Gasteiger partial charge is 0.450 e. The summed E-state index contributed by atoms with van der Waals surface area (Å²) in [7, 11) is -10.2. The fraction of sp³-hybridized carbons (Fsp3) is 0.0625. The van der Waals surface area contributed by atoms with E-state index >= 15 is 0 Å². The molecule has 6 nitrogen and oxygen atoms in total. The van der Waals surface area contributed by atoms with Crippen molar-refractivity contribution in [2.75, 3.05) is 6.61 Å². The van der Waals surface area contributed by atoms with Crippen molar-refractivity contribution in [3.05, 3.63) is 59.7 Å². The first kappa shape index (κ1) is 21.2. The van der Waals surface area contributed by atoms with E-state index in [2.05, 4.69) is 8.92 Å². The summed E-state index contributed by atoms with van der Waals surface area (Å²) in [6.07, 6.45) is 0.571. The van der Waals surface area contributed by atoms with Gasteiger partial charge in [0.15, 0.2) is 6.61 Å². The van der Waals surface area contributed by atoms with Gasteiger partial charge in [-0.2, -0.15) is 0 Å². The van der Waals surface area contributed by atoms with Crippen LogP contribution in [0.15, 0.2) is 48.5 Å². The van der Waals surface area contributed by atoms with E-state index in [0.29, 0.717) is 24.0 Å². The van der Waals surface area contributed by atoms with Gasteiger partial charge < -0.3 is 13.7 Å². The lowest BCUT2D eigenvalue weighted by Crippen LogP contribution is -2.19. The van der Waals surface area contributed by atoms with Gasteiger partial charge in [0, 0.05) is 5.56 Å². The number of aldehydes is 1. The molecule has 2 rings (SSSR count). The average Bonchev–Trinajstić information content (AvgIpc) is 2.58. The summed E-state index contributed by atoms with van der Waals surface area (Å²) >= 11 is 0. The molecule has 0 unspecified atom stereocenters. The van der Waals surface area contributed by atoms with Crippen molar-refractivity contribution in [1.29, 1.82) is 0 Å². The molecule has 0 fully saturated rings. The lowest BCUT2D eigenvalue weighted by molar-refractivity contribution is -0.137. The molecule has 152 valence electrons. The van der Waals surface area contributed by atoms with Gasteiger partial charge in [0.05, 0.1) is 5.56 Å². The second-order valence-corrected chi connectivity index (χ2v) is 7.21. The molecule has 0 spiro atoms.